The fourth-order valence-corrected chi connectivity index (χ4v) is 1.90. The second-order valence-electron chi connectivity index (χ2n) is 4.23. The molecule has 2 aromatic carbocycles. The summed E-state index contributed by atoms with van der Waals surface area (Å²) in [7, 11) is 1.63. The molecule has 2 rings (SSSR count). The molecule has 0 bridgehead atoms. The Kier molecular flexibility index (Phi) is 3.78. The molecule has 0 fully saturated rings. The van der Waals surface area contributed by atoms with Crippen LogP contribution in [-0.2, 0) is 0 Å². The van der Waals surface area contributed by atoms with Crippen LogP contribution in [0.25, 0.3) is 0 Å². The number of hydrogen-bond donors (Lipinski definition) is 0. The van der Waals surface area contributed by atoms with E-state index >= 15 is 0 Å². The summed E-state index contributed by atoms with van der Waals surface area (Å²) in [6.45, 7) is 1.93. The van der Waals surface area contributed by atoms with Crippen molar-refractivity contribution in [1.29, 1.82) is 0 Å². The maximum Gasteiger partial charge on any atom is 0.170 e. The fourth-order valence-electron chi connectivity index (χ4n) is 1.90. The molecule has 0 aliphatic carbocycles. The molecule has 0 aliphatic heterocycles. The van der Waals surface area contributed by atoms with E-state index in [0.717, 1.165) is 16.9 Å². The topological polar surface area (TPSA) is 26.3 Å². The lowest BCUT2D eigenvalue weighted by Gasteiger charge is -2.11. The number of Topliss-reactive ketones (excluding diaryl/α,β-unsaturated/α-hetero) is 1. The SMILES string of the molecule is COc1ccc([C@@H](C)C(=O)c2ccccc2)cc1. The first-order valence-electron chi connectivity index (χ1n) is 5.95. The van der Waals surface area contributed by atoms with E-state index < -0.39 is 0 Å². The van der Waals surface area contributed by atoms with E-state index in [-0.39, 0.29) is 11.7 Å². The zero-order chi connectivity index (χ0) is 13.0. The third kappa shape index (κ3) is 2.59. The van der Waals surface area contributed by atoms with Gasteiger partial charge in [0.25, 0.3) is 0 Å². The van der Waals surface area contributed by atoms with Crippen LogP contribution in [0.2, 0.25) is 0 Å². The molecule has 0 heterocycles. The van der Waals surface area contributed by atoms with E-state index in [1.165, 1.54) is 0 Å². The van der Waals surface area contributed by atoms with Crippen molar-refractivity contribution in [3.63, 3.8) is 0 Å². The van der Waals surface area contributed by atoms with E-state index in [1.54, 1.807) is 7.11 Å². The molecule has 0 saturated heterocycles. The minimum Gasteiger partial charge on any atom is -0.497 e. The Labute approximate surface area is 107 Å². The van der Waals surface area contributed by atoms with Crippen LogP contribution in [-0.4, -0.2) is 12.9 Å². The number of benzene rings is 2. The summed E-state index contributed by atoms with van der Waals surface area (Å²) in [5, 5.41) is 0. The molecular weight excluding hydrogens is 224 g/mol. The van der Waals surface area contributed by atoms with Crippen molar-refractivity contribution in [2.24, 2.45) is 0 Å². The third-order valence-electron chi connectivity index (χ3n) is 3.07. The Bertz CT molecular complexity index is 515. The van der Waals surface area contributed by atoms with Crippen molar-refractivity contribution < 1.29 is 9.53 Å². The maximum atomic E-state index is 12.3. The highest BCUT2D eigenvalue weighted by Crippen LogP contribution is 2.22. The molecule has 0 aromatic heterocycles. The van der Waals surface area contributed by atoms with E-state index in [4.69, 9.17) is 4.74 Å². The number of rotatable bonds is 4. The van der Waals surface area contributed by atoms with E-state index in [9.17, 15) is 4.79 Å². The molecule has 1 atom stereocenters. The minimum absolute atomic E-state index is 0.140. The maximum absolute atomic E-state index is 12.3. The zero-order valence-electron chi connectivity index (χ0n) is 10.6. The number of carbonyl (C=O) groups is 1. The first-order valence-corrected chi connectivity index (χ1v) is 5.95. The molecular formula is C16H16O2. The second-order valence-corrected chi connectivity index (χ2v) is 4.23. The van der Waals surface area contributed by atoms with Gasteiger partial charge in [-0.15, -0.1) is 0 Å². The van der Waals surface area contributed by atoms with Crippen molar-refractivity contribution in [3.8, 4) is 5.75 Å². The van der Waals surface area contributed by atoms with Crippen LogP contribution in [0.4, 0.5) is 0 Å². The normalized spacial score (nSPS) is 11.9. The number of carbonyl (C=O) groups excluding carboxylic acids is 1. The van der Waals surface area contributed by atoms with Crippen LogP contribution in [0.5, 0.6) is 5.75 Å². The molecule has 0 unspecified atom stereocenters. The number of hydrogen-bond acceptors (Lipinski definition) is 2. The third-order valence-corrected chi connectivity index (χ3v) is 3.07. The minimum atomic E-state index is -0.140. The van der Waals surface area contributed by atoms with Crippen LogP contribution in [0.3, 0.4) is 0 Å². The van der Waals surface area contributed by atoms with Gasteiger partial charge in [0.05, 0.1) is 7.11 Å². The van der Waals surface area contributed by atoms with Gasteiger partial charge in [-0.2, -0.15) is 0 Å². The van der Waals surface area contributed by atoms with E-state index in [2.05, 4.69) is 0 Å². The van der Waals surface area contributed by atoms with Gasteiger partial charge in [-0.25, -0.2) is 0 Å². The van der Waals surface area contributed by atoms with Gasteiger partial charge in [0.2, 0.25) is 0 Å². The summed E-state index contributed by atoms with van der Waals surface area (Å²) in [5.41, 5.74) is 1.76. The lowest BCUT2D eigenvalue weighted by Crippen LogP contribution is -2.09. The van der Waals surface area contributed by atoms with Gasteiger partial charge in [-0.05, 0) is 17.7 Å². The van der Waals surface area contributed by atoms with Crippen molar-refractivity contribution >= 4 is 5.78 Å². The first-order chi connectivity index (χ1) is 8.72. The van der Waals surface area contributed by atoms with Crippen molar-refractivity contribution in [2.45, 2.75) is 12.8 Å². The molecule has 92 valence electrons. The van der Waals surface area contributed by atoms with Gasteiger partial charge in [0, 0.05) is 11.5 Å². The average Bonchev–Trinajstić information content (AvgIpc) is 2.47. The standard InChI is InChI=1S/C16H16O2/c1-12(13-8-10-15(18-2)11-9-13)16(17)14-6-4-3-5-7-14/h3-12H,1-2H3/t12-/m1/s1. The zero-order valence-corrected chi connectivity index (χ0v) is 10.6. The van der Waals surface area contributed by atoms with Gasteiger partial charge in [0.1, 0.15) is 5.75 Å². The Morgan fingerprint density at radius 2 is 1.61 bits per heavy atom. The Balaban J connectivity index is 2.20. The lowest BCUT2D eigenvalue weighted by molar-refractivity contribution is 0.0966. The predicted octanol–water partition coefficient (Wildman–Crippen LogP) is 3.68. The molecule has 0 spiro atoms. The van der Waals surface area contributed by atoms with Gasteiger partial charge in [-0.3, -0.25) is 4.79 Å². The van der Waals surface area contributed by atoms with E-state index in [1.807, 2.05) is 61.5 Å². The smallest absolute Gasteiger partial charge is 0.170 e. The van der Waals surface area contributed by atoms with Crippen LogP contribution in [0, 0.1) is 0 Å². The van der Waals surface area contributed by atoms with Crippen molar-refractivity contribution in [1.82, 2.24) is 0 Å². The van der Waals surface area contributed by atoms with Crippen LogP contribution >= 0.6 is 0 Å². The van der Waals surface area contributed by atoms with E-state index in [0.29, 0.717) is 0 Å². The molecule has 0 amide bonds. The molecule has 0 radical (unpaired) electrons. The number of ether oxygens (including phenoxy) is 1. The summed E-state index contributed by atoms with van der Waals surface area (Å²) in [5.74, 6) is 0.803. The van der Waals surface area contributed by atoms with Crippen LogP contribution in [0.1, 0.15) is 28.8 Å². The van der Waals surface area contributed by atoms with Crippen molar-refractivity contribution in [2.75, 3.05) is 7.11 Å². The van der Waals surface area contributed by atoms with Crippen LogP contribution < -0.4 is 4.74 Å². The Morgan fingerprint density at radius 3 is 2.17 bits per heavy atom. The monoisotopic (exact) mass is 240 g/mol. The predicted molar refractivity (Wildman–Crippen MR) is 72.2 cm³/mol. The van der Waals surface area contributed by atoms with Gasteiger partial charge < -0.3 is 4.74 Å². The highest BCUT2D eigenvalue weighted by atomic mass is 16.5. The van der Waals surface area contributed by atoms with Crippen molar-refractivity contribution in [3.05, 3.63) is 65.7 Å². The number of methoxy groups -OCH3 is 1. The largest absolute Gasteiger partial charge is 0.497 e. The quantitative estimate of drug-likeness (QED) is 0.762. The highest BCUT2D eigenvalue weighted by molar-refractivity contribution is 6.00. The highest BCUT2D eigenvalue weighted by Gasteiger charge is 2.16. The first kappa shape index (κ1) is 12.4. The van der Waals surface area contributed by atoms with Crippen LogP contribution in [0.15, 0.2) is 54.6 Å². The lowest BCUT2D eigenvalue weighted by atomic mass is 9.92. The molecule has 0 saturated carbocycles. The molecule has 2 aromatic rings. The fraction of sp³-hybridized carbons (Fsp3) is 0.188. The molecule has 0 aliphatic rings. The summed E-state index contributed by atoms with van der Waals surface area (Å²) >= 11 is 0. The molecule has 0 N–H and O–H groups in total. The summed E-state index contributed by atoms with van der Waals surface area (Å²) < 4.78 is 5.11. The van der Waals surface area contributed by atoms with Gasteiger partial charge in [0.15, 0.2) is 5.78 Å². The Morgan fingerprint density at radius 1 is 1.00 bits per heavy atom. The summed E-state index contributed by atoms with van der Waals surface area (Å²) in [4.78, 5) is 12.3. The molecule has 2 heteroatoms. The molecule has 18 heavy (non-hydrogen) atoms. The average molecular weight is 240 g/mol. The summed E-state index contributed by atoms with van der Waals surface area (Å²) in [6.07, 6.45) is 0. The second kappa shape index (κ2) is 5.50. The number of ketones is 1. The van der Waals surface area contributed by atoms with Gasteiger partial charge >= 0.3 is 0 Å². The molecule has 2 nitrogen and oxygen atoms in total. The summed E-state index contributed by atoms with van der Waals surface area (Å²) in [6, 6.07) is 17.0. The Hall–Kier alpha value is -2.09. The van der Waals surface area contributed by atoms with Gasteiger partial charge in [-0.1, -0.05) is 49.4 Å².